The molecule has 5 nitrogen and oxygen atoms in total. The van der Waals surface area contributed by atoms with E-state index in [1.54, 1.807) is 0 Å². The fourth-order valence-electron chi connectivity index (χ4n) is 2.40. The van der Waals surface area contributed by atoms with Gasteiger partial charge in [0, 0.05) is 13.2 Å². The van der Waals surface area contributed by atoms with Crippen molar-refractivity contribution in [1.29, 1.82) is 0 Å². The van der Waals surface area contributed by atoms with Crippen LogP contribution in [0.3, 0.4) is 0 Å². The van der Waals surface area contributed by atoms with Crippen molar-refractivity contribution in [3.63, 3.8) is 0 Å². The molecule has 1 aliphatic rings. The van der Waals surface area contributed by atoms with Gasteiger partial charge in [-0.3, -0.25) is 4.79 Å². The smallest absolute Gasteiger partial charge is 0.242 e. The maximum absolute atomic E-state index is 12.2. The molecule has 1 amide bonds. The van der Waals surface area contributed by atoms with Crippen LogP contribution >= 0.6 is 0 Å². The Morgan fingerprint density at radius 3 is 2.70 bits per heavy atom. The molecule has 0 spiro atoms. The zero-order valence-electron chi connectivity index (χ0n) is 12.1. The predicted molar refractivity (Wildman–Crippen MR) is 78.2 cm³/mol. The molecule has 2 atom stereocenters. The first kappa shape index (κ1) is 15.0. The van der Waals surface area contributed by atoms with Crippen LogP contribution in [0.4, 0.5) is 0 Å². The molecule has 0 aromatic heterocycles. The minimum absolute atomic E-state index is 0.127. The number of hydrogen-bond donors (Lipinski definition) is 2. The highest BCUT2D eigenvalue weighted by Crippen LogP contribution is 2.19. The number of hydrogen-bond acceptors (Lipinski definition) is 4. The van der Waals surface area contributed by atoms with Gasteiger partial charge in [-0.1, -0.05) is 30.3 Å². The first-order valence-electron chi connectivity index (χ1n) is 6.89. The Hall–Kier alpha value is -1.43. The molecule has 3 N–H and O–H groups in total. The molecule has 2 unspecified atom stereocenters. The summed E-state index contributed by atoms with van der Waals surface area (Å²) in [5.74, 6) is -0.127. The number of nitrogens with two attached hydrogens (primary N) is 1. The third-order valence-corrected chi connectivity index (χ3v) is 3.77. The first-order valence-corrected chi connectivity index (χ1v) is 6.89. The second-order valence-corrected chi connectivity index (χ2v) is 5.56. The quantitative estimate of drug-likeness (QED) is 0.823. The minimum Gasteiger partial charge on any atom is -0.379 e. The van der Waals surface area contributed by atoms with E-state index < -0.39 is 5.54 Å². The standard InChI is InChI=1S/C15H23N3O2/c1-18(2)13(12-6-4-3-5-7-12)10-17-14(19)15(16)8-9-20-11-15/h3-7,13H,8-11,16H2,1-2H3,(H,17,19). The van der Waals surface area contributed by atoms with Crippen molar-refractivity contribution in [1.82, 2.24) is 10.2 Å². The van der Waals surface area contributed by atoms with E-state index in [-0.39, 0.29) is 11.9 Å². The summed E-state index contributed by atoms with van der Waals surface area (Å²) in [6.07, 6.45) is 0.580. The molecule has 1 heterocycles. The molecule has 1 saturated heterocycles. The van der Waals surface area contributed by atoms with Gasteiger partial charge in [0.15, 0.2) is 0 Å². The molecule has 0 radical (unpaired) electrons. The zero-order valence-corrected chi connectivity index (χ0v) is 12.1. The van der Waals surface area contributed by atoms with Crippen LogP contribution in [-0.4, -0.2) is 50.2 Å². The molecule has 2 rings (SSSR count). The van der Waals surface area contributed by atoms with Crippen molar-refractivity contribution in [3.05, 3.63) is 35.9 Å². The van der Waals surface area contributed by atoms with Gasteiger partial charge in [-0.25, -0.2) is 0 Å². The van der Waals surface area contributed by atoms with Crippen LogP contribution in [-0.2, 0) is 9.53 Å². The van der Waals surface area contributed by atoms with Crippen LogP contribution in [0.25, 0.3) is 0 Å². The molecule has 0 bridgehead atoms. The second-order valence-electron chi connectivity index (χ2n) is 5.56. The van der Waals surface area contributed by atoms with Gasteiger partial charge in [-0.2, -0.15) is 0 Å². The Morgan fingerprint density at radius 1 is 1.45 bits per heavy atom. The fourth-order valence-corrected chi connectivity index (χ4v) is 2.40. The van der Waals surface area contributed by atoms with Crippen molar-refractivity contribution in [2.75, 3.05) is 33.9 Å². The lowest BCUT2D eigenvalue weighted by molar-refractivity contribution is -0.126. The Balaban J connectivity index is 1.98. The molecule has 1 aromatic carbocycles. The monoisotopic (exact) mass is 277 g/mol. The average molecular weight is 277 g/mol. The second kappa shape index (κ2) is 6.35. The largest absolute Gasteiger partial charge is 0.379 e. The van der Waals surface area contributed by atoms with E-state index >= 15 is 0 Å². The van der Waals surface area contributed by atoms with Crippen LogP contribution in [0.1, 0.15) is 18.0 Å². The average Bonchev–Trinajstić information content (AvgIpc) is 2.88. The van der Waals surface area contributed by atoms with E-state index in [1.165, 1.54) is 5.56 Å². The van der Waals surface area contributed by atoms with Gasteiger partial charge in [-0.15, -0.1) is 0 Å². The van der Waals surface area contributed by atoms with Crippen LogP contribution in [0.5, 0.6) is 0 Å². The Bertz CT molecular complexity index is 442. The van der Waals surface area contributed by atoms with Gasteiger partial charge in [0.2, 0.25) is 5.91 Å². The number of carbonyl (C=O) groups excluding carboxylic acids is 1. The molecule has 0 saturated carbocycles. The number of ether oxygens (including phenoxy) is 1. The van der Waals surface area contributed by atoms with Gasteiger partial charge in [0.05, 0.1) is 12.6 Å². The minimum atomic E-state index is -0.868. The number of rotatable bonds is 5. The van der Waals surface area contributed by atoms with Gasteiger partial charge < -0.3 is 20.7 Å². The molecule has 1 aliphatic heterocycles. The topological polar surface area (TPSA) is 67.6 Å². The van der Waals surface area contributed by atoms with Crippen LogP contribution < -0.4 is 11.1 Å². The lowest BCUT2D eigenvalue weighted by Gasteiger charge is -2.27. The molecule has 0 aliphatic carbocycles. The summed E-state index contributed by atoms with van der Waals surface area (Å²) < 4.78 is 5.22. The maximum atomic E-state index is 12.2. The SMILES string of the molecule is CN(C)C(CNC(=O)C1(N)CCOC1)c1ccccc1. The summed E-state index contributed by atoms with van der Waals surface area (Å²) in [5, 5.41) is 2.96. The third-order valence-electron chi connectivity index (χ3n) is 3.77. The van der Waals surface area contributed by atoms with E-state index in [2.05, 4.69) is 22.3 Å². The number of carbonyl (C=O) groups is 1. The number of likely N-dealkylation sites (N-methyl/N-ethyl adjacent to an activating group) is 1. The zero-order chi connectivity index (χ0) is 14.6. The normalized spacial score (nSPS) is 23.8. The third kappa shape index (κ3) is 3.36. The van der Waals surface area contributed by atoms with Crippen molar-refractivity contribution < 1.29 is 9.53 Å². The van der Waals surface area contributed by atoms with E-state index in [1.807, 2.05) is 32.3 Å². The van der Waals surface area contributed by atoms with Gasteiger partial charge in [0.25, 0.3) is 0 Å². The summed E-state index contributed by atoms with van der Waals surface area (Å²) in [4.78, 5) is 14.3. The molecular weight excluding hydrogens is 254 g/mol. The van der Waals surface area contributed by atoms with E-state index in [4.69, 9.17) is 10.5 Å². The molecule has 20 heavy (non-hydrogen) atoms. The van der Waals surface area contributed by atoms with Crippen molar-refractivity contribution >= 4 is 5.91 Å². The Morgan fingerprint density at radius 2 is 2.15 bits per heavy atom. The number of amides is 1. The lowest BCUT2D eigenvalue weighted by Crippen LogP contribution is -2.55. The Labute approximate surface area is 120 Å². The number of benzene rings is 1. The van der Waals surface area contributed by atoms with Crippen molar-refractivity contribution in [2.45, 2.75) is 18.0 Å². The number of nitrogens with zero attached hydrogens (tertiary/aromatic N) is 1. The fraction of sp³-hybridized carbons (Fsp3) is 0.533. The van der Waals surface area contributed by atoms with Crippen LogP contribution in [0, 0.1) is 0 Å². The highest BCUT2D eigenvalue weighted by Gasteiger charge is 2.38. The van der Waals surface area contributed by atoms with Gasteiger partial charge in [-0.05, 0) is 26.1 Å². The molecule has 110 valence electrons. The summed E-state index contributed by atoms with van der Waals surface area (Å²) in [6, 6.07) is 10.2. The molecular formula is C15H23N3O2. The Kier molecular flexibility index (Phi) is 4.75. The van der Waals surface area contributed by atoms with E-state index in [9.17, 15) is 4.79 Å². The van der Waals surface area contributed by atoms with E-state index in [0.29, 0.717) is 26.2 Å². The van der Waals surface area contributed by atoms with Gasteiger partial charge in [0.1, 0.15) is 5.54 Å². The first-order chi connectivity index (χ1) is 9.53. The highest BCUT2D eigenvalue weighted by molar-refractivity contribution is 5.86. The van der Waals surface area contributed by atoms with Crippen LogP contribution in [0.2, 0.25) is 0 Å². The maximum Gasteiger partial charge on any atom is 0.242 e. The van der Waals surface area contributed by atoms with Crippen LogP contribution in [0.15, 0.2) is 30.3 Å². The lowest BCUT2D eigenvalue weighted by atomic mass is 9.98. The van der Waals surface area contributed by atoms with Gasteiger partial charge >= 0.3 is 0 Å². The number of nitrogens with one attached hydrogen (secondary N) is 1. The molecule has 1 fully saturated rings. The van der Waals surface area contributed by atoms with E-state index in [0.717, 1.165) is 0 Å². The predicted octanol–water partition coefficient (Wildman–Crippen LogP) is 0.523. The van der Waals surface area contributed by atoms with Crippen molar-refractivity contribution in [2.24, 2.45) is 5.73 Å². The summed E-state index contributed by atoms with van der Waals surface area (Å²) in [5.41, 5.74) is 6.36. The van der Waals surface area contributed by atoms with Crippen molar-refractivity contribution in [3.8, 4) is 0 Å². The molecule has 1 aromatic rings. The summed E-state index contributed by atoms with van der Waals surface area (Å²) in [6.45, 7) is 1.39. The summed E-state index contributed by atoms with van der Waals surface area (Å²) >= 11 is 0. The molecule has 5 heteroatoms. The summed E-state index contributed by atoms with van der Waals surface area (Å²) in [7, 11) is 4.00. The highest BCUT2D eigenvalue weighted by atomic mass is 16.5.